The number of benzene rings is 2. The van der Waals surface area contributed by atoms with Crippen molar-refractivity contribution >= 4 is 34.1 Å². The standard InChI is InChI=1S/C28H30ClN5/c1-20-23(18-21-10-12-22(29)13-11-21)27(31-14-17-33-15-6-2-3-7-16-33)34-26-9-5-4-8-25(26)32-28(34)24(20)19-30/h4-5,8-13,31H,2-3,6-7,14-18H2,1H3. The molecule has 0 atom stereocenters. The molecule has 34 heavy (non-hydrogen) atoms. The first-order valence-electron chi connectivity index (χ1n) is 12.2. The third-order valence-corrected chi connectivity index (χ3v) is 7.20. The molecule has 174 valence electrons. The lowest BCUT2D eigenvalue weighted by molar-refractivity contribution is 0.296. The van der Waals surface area contributed by atoms with E-state index < -0.39 is 0 Å². The van der Waals surface area contributed by atoms with Gasteiger partial charge in [-0.05, 0) is 68.2 Å². The van der Waals surface area contributed by atoms with Gasteiger partial charge in [0.05, 0.1) is 16.6 Å². The van der Waals surface area contributed by atoms with E-state index in [0.717, 1.165) is 57.3 Å². The van der Waals surface area contributed by atoms with Gasteiger partial charge in [0.25, 0.3) is 0 Å². The Hall–Kier alpha value is -3.07. The van der Waals surface area contributed by atoms with Gasteiger partial charge in [0.2, 0.25) is 0 Å². The van der Waals surface area contributed by atoms with Crippen molar-refractivity contribution in [1.82, 2.24) is 14.3 Å². The molecule has 0 radical (unpaired) electrons. The predicted octanol–water partition coefficient (Wildman–Crippen LogP) is 6.20. The van der Waals surface area contributed by atoms with E-state index in [4.69, 9.17) is 16.6 Å². The normalized spacial score (nSPS) is 14.9. The summed E-state index contributed by atoms with van der Waals surface area (Å²) in [4.78, 5) is 7.42. The quantitative estimate of drug-likeness (QED) is 0.363. The van der Waals surface area contributed by atoms with Crippen molar-refractivity contribution in [3.8, 4) is 6.07 Å². The van der Waals surface area contributed by atoms with Crippen LogP contribution < -0.4 is 5.32 Å². The number of hydrogen-bond donors (Lipinski definition) is 1. The van der Waals surface area contributed by atoms with Crippen LogP contribution in [0.4, 0.5) is 5.82 Å². The van der Waals surface area contributed by atoms with E-state index in [9.17, 15) is 5.26 Å². The molecule has 6 heteroatoms. The van der Waals surface area contributed by atoms with E-state index in [1.165, 1.54) is 38.8 Å². The van der Waals surface area contributed by atoms with E-state index in [2.05, 4.69) is 38.9 Å². The Morgan fingerprint density at radius 3 is 2.50 bits per heavy atom. The molecular formula is C28H30ClN5. The van der Waals surface area contributed by atoms with E-state index >= 15 is 0 Å². The van der Waals surface area contributed by atoms with Crippen LogP contribution in [0.3, 0.4) is 0 Å². The average Bonchev–Trinajstić information content (AvgIpc) is 3.03. The van der Waals surface area contributed by atoms with Gasteiger partial charge in [-0.25, -0.2) is 4.98 Å². The summed E-state index contributed by atoms with van der Waals surface area (Å²) in [6, 6.07) is 18.5. The van der Waals surface area contributed by atoms with Crippen molar-refractivity contribution in [3.63, 3.8) is 0 Å². The third-order valence-electron chi connectivity index (χ3n) is 6.95. The monoisotopic (exact) mass is 471 g/mol. The van der Waals surface area contributed by atoms with Crippen LogP contribution in [-0.2, 0) is 6.42 Å². The lowest BCUT2D eigenvalue weighted by Gasteiger charge is -2.23. The van der Waals surface area contributed by atoms with Gasteiger partial charge in [-0.3, -0.25) is 4.40 Å². The van der Waals surface area contributed by atoms with Crippen molar-refractivity contribution in [1.29, 1.82) is 5.26 Å². The van der Waals surface area contributed by atoms with Crippen molar-refractivity contribution in [2.24, 2.45) is 0 Å². The highest BCUT2D eigenvalue weighted by Crippen LogP contribution is 2.32. The SMILES string of the molecule is Cc1c(Cc2ccc(Cl)cc2)c(NCCN2CCCCCC2)n2c(nc3ccccc32)c1C#N. The molecule has 0 unspecified atom stereocenters. The maximum Gasteiger partial charge on any atom is 0.157 e. The van der Waals surface area contributed by atoms with Crippen LogP contribution in [0.5, 0.6) is 0 Å². The fourth-order valence-electron chi connectivity index (χ4n) is 5.09. The van der Waals surface area contributed by atoms with Crippen LogP contribution in [0.2, 0.25) is 5.02 Å². The number of likely N-dealkylation sites (tertiary alicyclic amines) is 1. The number of fused-ring (bicyclic) bond motifs is 3. The summed E-state index contributed by atoms with van der Waals surface area (Å²) in [7, 11) is 0. The maximum atomic E-state index is 10.1. The molecule has 1 saturated heterocycles. The highest BCUT2D eigenvalue weighted by Gasteiger charge is 2.21. The van der Waals surface area contributed by atoms with E-state index in [0.29, 0.717) is 12.0 Å². The lowest BCUT2D eigenvalue weighted by atomic mass is 9.97. The smallest absolute Gasteiger partial charge is 0.157 e. The van der Waals surface area contributed by atoms with E-state index in [1.807, 2.05) is 37.3 Å². The Morgan fingerprint density at radius 1 is 1.03 bits per heavy atom. The number of hydrogen-bond acceptors (Lipinski definition) is 4. The van der Waals surface area contributed by atoms with E-state index in [-0.39, 0.29) is 0 Å². The summed E-state index contributed by atoms with van der Waals surface area (Å²) in [6.45, 7) is 6.25. The van der Waals surface area contributed by atoms with Crippen molar-refractivity contribution in [2.75, 3.05) is 31.5 Å². The number of nitrogens with zero attached hydrogens (tertiary/aromatic N) is 4. The summed E-state index contributed by atoms with van der Waals surface area (Å²) < 4.78 is 2.15. The van der Waals surface area contributed by atoms with Crippen molar-refractivity contribution in [2.45, 2.75) is 39.0 Å². The predicted molar refractivity (Wildman–Crippen MR) is 140 cm³/mol. The third kappa shape index (κ3) is 4.49. The molecule has 2 aromatic heterocycles. The van der Waals surface area contributed by atoms with Crippen LogP contribution in [0.1, 0.15) is 47.9 Å². The summed E-state index contributed by atoms with van der Waals surface area (Å²) >= 11 is 6.14. The molecule has 4 aromatic rings. The van der Waals surface area contributed by atoms with Crippen molar-refractivity contribution < 1.29 is 0 Å². The Labute approximate surface area is 206 Å². The molecule has 5 nitrogen and oxygen atoms in total. The largest absolute Gasteiger partial charge is 0.370 e. The van der Waals surface area contributed by atoms with Gasteiger partial charge in [0, 0.05) is 30.1 Å². The minimum absolute atomic E-state index is 0.637. The summed E-state index contributed by atoms with van der Waals surface area (Å²) in [5, 5.41) is 14.6. The number of nitriles is 1. The first-order chi connectivity index (χ1) is 16.7. The fourth-order valence-corrected chi connectivity index (χ4v) is 5.21. The molecule has 0 saturated carbocycles. The maximum absolute atomic E-state index is 10.1. The van der Waals surface area contributed by atoms with Crippen LogP contribution in [0.25, 0.3) is 16.7 Å². The zero-order valence-corrected chi connectivity index (χ0v) is 20.4. The fraction of sp³-hybridized carbons (Fsp3) is 0.357. The first kappa shape index (κ1) is 22.7. The number of halogens is 1. The number of nitrogens with one attached hydrogen (secondary N) is 1. The molecule has 1 fully saturated rings. The number of anilines is 1. The molecule has 0 aliphatic carbocycles. The van der Waals surface area contributed by atoms with Crippen molar-refractivity contribution in [3.05, 3.63) is 75.8 Å². The minimum Gasteiger partial charge on any atom is -0.370 e. The molecule has 5 rings (SSSR count). The van der Waals surface area contributed by atoms with Gasteiger partial charge in [-0.2, -0.15) is 5.26 Å². The van der Waals surface area contributed by atoms with Crippen LogP contribution >= 0.6 is 11.6 Å². The van der Waals surface area contributed by atoms with Gasteiger partial charge in [-0.15, -0.1) is 0 Å². The van der Waals surface area contributed by atoms with Gasteiger partial charge < -0.3 is 10.2 Å². The Balaban J connectivity index is 1.60. The second-order valence-corrected chi connectivity index (χ2v) is 9.62. The molecule has 2 aromatic carbocycles. The Kier molecular flexibility index (Phi) is 6.71. The highest BCUT2D eigenvalue weighted by atomic mass is 35.5. The van der Waals surface area contributed by atoms with Crippen LogP contribution in [0.15, 0.2) is 48.5 Å². The number of aromatic nitrogens is 2. The molecule has 3 heterocycles. The van der Waals surface area contributed by atoms with Gasteiger partial charge in [0.1, 0.15) is 11.9 Å². The average molecular weight is 472 g/mol. The molecule has 1 aliphatic heterocycles. The Morgan fingerprint density at radius 2 is 1.76 bits per heavy atom. The van der Waals surface area contributed by atoms with Gasteiger partial charge in [-0.1, -0.05) is 48.7 Å². The Bertz CT molecular complexity index is 1340. The van der Waals surface area contributed by atoms with E-state index in [1.54, 1.807) is 0 Å². The molecular weight excluding hydrogens is 442 g/mol. The number of para-hydroxylation sites is 2. The second-order valence-electron chi connectivity index (χ2n) is 9.18. The number of imidazole rings is 1. The number of pyridine rings is 1. The molecule has 0 spiro atoms. The topological polar surface area (TPSA) is 56.4 Å². The molecule has 1 aliphatic rings. The van der Waals surface area contributed by atoms with Gasteiger partial charge in [0.15, 0.2) is 5.65 Å². The zero-order valence-electron chi connectivity index (χ0n) is 19.6. The zero-order chi connectivity index (χ0) is 23.5. The van der Waals surface area contributed by atoms with Crippen LogP contribution in [0, 0.1) is 18.3 Å². The van der Waals surface area contributed by atoms with Crippen LogP contribution in [-0.4, -0.2) is 40.5 Å². The highest BCUT2D eigenvalue weighted by molar-refractivity contribution is 6.30. The summed E-state index contributed by atoms with van der Waals surface area (Å²) in [6.07, 6.45) is 5.96. The first-order valence-corrected chi connectivity index (χ1v) is 12.6. The minimum atomic E-state index is 0.637. The lowest BCUT2D eigenvalue weighted by Crippen LogP contribution is -2.30. The molecule has 1 N–H and O–H groups in total. The summed E-state index contributed by atoms with van der Waals surface area (Å²) in [5.74, 6) is 1.03. The molecule has 0 bridgehead atoms. The molecule has 0 amide bonds. The number of rotatable bonds is 6. The summed E-state index contributed by atoms with van der Waals surface area (Å²) in [5.41, 5.74) is 6.55. The van der Waals surface area contributed by atoms with Gasteiger partial charge >= 0.3 is 0 Å². The second kappa shape index (κ2) is 10.0.